The molecule has 0 radical (unpaired) electrons. The Hall–Kier alpha value is -3.39. The number of nitrogens with zero attached hydrogens (tertiary/aromatic N) is 3. The maximum Gasteiger partial charge on any atom is 0.227 e. The maximum atomic E-state index is 12.8. The van der Waals surface area contributed by atoms with E-state index >= 15 is 0 Å². The van der Waals surface area contributed by atoms with Gasteiger partial charge in [-0.1, -0.05) is 36.4 Å². The van der Waals surface area contributed by atoms with E-state index in [0.29, 0.717) is 5.56 Å². The van der Waals surface area contributed by atoms with E-state index in [9.17, 15) is 4.79 Å². The van der Waals surface area contributed by atoms with Gasteiger partial charge in [0.15, 0.2) is 0 Å². The van der Waals surface area contributed by atoms with Crippen molar-refractivity contribution in [1.82, 2.24) is 4.98 Å². The Morgan fingerprint density at radius 1 is 1.07 bits per heavy atom. The summed E-state index contributed by atoms with van der Waals surface area (Å²) >= 11 is 0. The summed E-state index contributed by atoms with van der Waals surface area (Å²) < 4.78 is 0. The Bertz CT molecular complexity index is 993. The Morgan fingerprint density at radius 3 is 2.59 bits per heavy atom. The predicted octanol–water partition coefficient (Wildman–Crippen LogP) is 3.96. The fourth-order valence-corrected chi connectivity index (χ4v) is 3.58. The molecule has 27 heavy (non-hydrogen) atoms. The highest BCUT2D eigenvalue weighted by Crippen LogP contribution is 2.26. The number of anilines is 2. The van der Waals surface area contributed by atoms with E-state index in [1.54, 1.807) is 12.3 Å². The Labute approximate surface area is 158 Å². The molecule has 0 atom stereocenters. The molecule has 1 aliphatic heterocycles. The Balaban J connectivity index is 1.40. The van der Waals surface area contributed by atoms with Gasteiger partial charge in [0.1, 0.15) is 11.9 Å². The zero-order chi connectivity index (χ0) is 18.6. The molecule has 0 aliphatic carbocycles. The van der Waals surface area contributed by atoms with Crippen molar-refractivity contribution in [3.8, 4) is 6.07 Å². The average molecular weight is 356 g/mol. The molecule has 2 aromatic carbocycles. The lowest BCUT2D eigenvalue weighted by molar-refractivity contribution is -0.120. The van der Waals surface area contributed by atoms with E-state index in [1.165, 1.54) is 0 Å². The molecule has 3 aromatic rings. The zero-order valence-electron chi connectivity index (χ0n) is 14.9. The quantitative estimate of drug-likeness (QED) is 0.771. The molecule has 4 rings (SSSR count). The van der Waals surface area contributed by atoms with E-state index in [0.717, 1.165) is 48.2 Å². The summed E-state index contributed by atoms with van der Waals surface area (Å²) in [6.45, 7) is 1.57. The third-order valence-electron chi connectivity index (χ3n) is 5.11. The number of fused-ring (bicyclic) bond motifs is 1. The van der Waals surface area contributed by atoms with Crippen LogP contribution >= 0.6 is 0 Å². The third kappa shape index (κ3) is 3.61. The van der Waals surface area contributed by atoms with Crippen LogP contribution in [0.2, 0.25) is 0 Å². The number of carbonyl (C=O) groups excluding carboxylic acids is 1. The number of pyridine rings is 1. The number of hydrogen-bond donors (Lipinski definition) is 1. The molecule has 1 amide bonds. The molecule has 1 saturated heterocycles. The number of nitrogens with one attached hydrogen (secondary N) is 1. The molecule has 0 bridgehead atoms. The highest BCUT2D eigenvalue weighted by Gasteiger charge is 2.26. The number of aromatic nitrogens is 1. The van der Waals surface area contributed by atoms with Gasteiger partial charge in [-0.25, -0.2) is 4.98 Å². The molecule has 0 spiro atoms. The van der Waals surface area contributed by atoms with E-state index < -0.39 is 0 Å². The normalized spacial score (nSPS) is 14.7. The summed E-state index contributed by atoms with van der Waals surface area (Å²) in [5.41, 5.74) is 1.43. The predicted molar refractivity (Wildman–Crippen MR) is 106 cm³/mol. The second-order valence-electron chi connectivity index (χ2n) is 6.79. The van der Waals surface area contributed by atoms with Crippen molar-refractivity contribution < 1.29 is 4.79 Å². The minimum absolute atomic E-state index is 0.00130. The topological polar surface area (TPSA) is 69.0 Å². The molecule has 2 heterocycles. The van der Waals surface area contributed by atoms with Crippen LogP contribution in [0, 0.1) is 17.2 Å². The van der Waals surface area contributed by atoms with Crippen molar-refractivity contribution in [2.75, 3.05) is 23.3 Å². The largest absolute Gasteiger partial charge is 0.357 e. The van der Waals surface area contributed by atoms with Gasteiger partial charge < -0.3 is 10.2 Å². The number of rotatable bonds is 3. The van der Waals surface area contributed by atoms with E-state index in [1.807, 2.05) is 48.5 Å². The highest BCUT2D eigenvalue weighted by molar-refractivity contribution is 6.02. The molecule has 5 nitrogen and oxygen atoms in total. The molecule has 134 valence electrons. The number of hydrogen-bond acceptors (Lipinski definition) is 4. The number of carbonyl (C=O) groups is 1. The Morgan fingerprint density at radius 2 is 1.85 bits per heavy atom. The second-order valence-corrected chi connectivity index (χ2v) is 6.79. The van der Waals surface area contributed by atoms with E-state index in [2.05, 4.69) is 21.3 Å². The van der Waals surface area contributed by atoms with Crippen LogP contribution in [-0.4, -0.2) is 24.0 Å². The molecular weight excluding hydrogens is 336 g/mol. The lowest BCUT2D eigenvalue weighted by Crippen LogP contribution is -2.38. The first-order chi connectivity index (χ1) is 13.2. The van der Waals surface area contributed by atoms with Crippen LogP contribution in [0.1, 0.15) is 18.4 Å². The number of piperidine rings is 1. The third-order valence-corrected chi connectivity index (χ3v) is 5.11. The van der Waals surface area contributed by atoms with Gasteiger partial charge >= 0.3 is 0 Å². The fraction of sp³-hybridized carbons (Fsp3) is 0.227. The minimum atomic E-state index is -0.00130. The summed E-state index contributed by atoms with van der Waals surface area (Å²) in [6, 6.07) is 19.8. The van der Waals surface area contributed by atoms with Gasteiger partial charge in [-0.05, 0) is 36.4 Å². The first-order valence-electron chi connectivity index (χ1n) is 9.14. The summed E-state index contributed by atoms with van der Waals surface area (Å²) in [5.74, 6) is 0.944. The van der Waals surface area contributed by atoms with E-state index in [4.69, 9.17) is 5.26 Å². The van der Waals surface area contributed by atoms with Crippen LogP contribution in [0.25, 0.3) is 10.8 Å². The molecule has 1 aromatic heterocycles. The minimum Gasteiger partial charge on any atom is -0.357 e. The van der Waals surface area contributed by atoms with Gasteiger partial charge in [0.2, 0.25) is 5.91 Å². The number of amides is 1. The molecule has 5 heteroatoms. The standard InChI is InChI=1S/C22H20N4O/c23-14-16-8-9-21(24-15-16)26-12-10-18(11-13-26)22(27)25-20-7-3-5-17-4-1-2-6-19(17)20/h1-9,15,18H,10-13H2,(H,25,27). The van der Waals surface area contributed by atoms with Gasteiger partial charge in [-0.2, -0.15) is 5.26 Å². The van der Waals surface area contributed by atoms with Crippen molar-refractivity contribution >= 4 is 28.2 Å². The van der Waals surface area contributed by atoms with Crippen molar-refractivity contribution in [2.45, 2.75) is 12.8 Å². The van der Waals surface area contributed by atoms with Crippen molar-refractivity contribution in [1.29, 1.82) is 5.26 Å². The number of nitriles is 1. The molecule has 1 fully saturated rings. The lowest BCUT2D eigenvalue weighted by Gasteiger charge is -2.32. The van der Waals surface area contributed by atoms with Crippen LogP contribution in [-0.2, 0) is 4.79 Å². The monoisotopic (exact) mass is 356 g/mol. The van der Waals surface area contributed by atoms with Crippen molar-refractivity contribution in [3.05, 3.63) is 66.4 Å². The van der Waals surface area contributed by atoms with Crippen LogP contribution in [0.4, 0.5) is 11.5 Å². The maximum absolute atomic E-state index is 12.8. The molecule has 0 saturated carbocycles. The smallest absolute Gasteiger partial charge is 0.227 e. The van der Waals surface area contributed by atoms with Gasteiger partial charge in [0, 0.05) is 36.3 Å². The summed E-state index contributed by atoms with van der Waals surface area (Å²) in [6.07, 6.45) is 3.17. The average Bonchev–Trinajstić information content (AvgIpc) is 2.74. The van der Waals surface area contributed by atoms with Gasteiger partial charge in [-0.3, -0.25) is 4.79 Å². The first-order valence-corrected chi connectivity index (χ1v) is 9.14. The number of benzene rings is 2. The van der Waals surface area contributed by atoms with E-state index in [-0.39, 0.29) is 11.8 Å². The highest BCUT2D eigenvalue weighted by atomic mass is 16.1. The SMILES string of the molecule is N#Cc1ccc(N2CCC(C(=O)Nc3cccc4ccccc34)CC2)nc1. The van der Waals surface area contributed by atoms with Crippen LogP contribution in [0.3, 0.4) is 0 Å². The molecule has 1 N–H and O–H groups in total. The lowest BCUT2D eigenvalue weighted by atomic mass is 9.95. The molecule has 0 unspecified atom stereocenters. The molecule has 1 aliphatic rings. The van der Waals surface area contributed by atoms with Crippen molar-refractivity contribution in [3.63, 3.8) is 0 Å². The molecular formula is C22H20N4O. The Kier molecular flexibility index (Phi) is 4.71. The zero-order valence-corrected chi connectivity index (χ0v) is 14.9. The van der Waals surface area contributed by atoms with Gasteiger partial charge in [0.25, 0.3) is 0 Å². The van der Waals surface area contributed by atoms with Crippen LogP contribution in [0.5, 0.6) is 0 Å². The van der Waals surface area contributed by atoms with Crippen LogP contribution < -0.4 is 10.2 Å². The fourth-order valence-electron chi connectivity index (χ4n) is 3.58. The summed E-state index contributed by atoms with van der Waals surface area (Å²) in [7, 11) is 0. The second kappa shape index (κ2) is 7.46. The summed E-state index contributed by atoms with van der Waals surface area (Å²) in [5, 5.41) is 14.2. The van der Waals surface area contributed by atoms with Crippen LogP contribution in [0.15, 0.2) is 60.8 Å². The first kappa shape index (κ1) is 17.0. The van der Waals surface area contributed by atoms with Gasteiger partial charge in [0.05, 0.1) is 5.56 Å². The van der Waals surface area contributed by atoms with Crippen molar-refractivity contribution in [2.24, 2.45) is 5.92 Å². The van der Waals surface area contributed by atoms with Gasteiger partial charge in [-0.15, -0.1) is 0 Å². The summed E-state index contributed by atoms with van der Waals surface area (Å²) in [4.78, 5) is 19.3.